The van der Waals surface area contributed by atoms with E-state index in [1.807, 2.05) is 0 Å². The third kappa shape index (κ3) is 5.72. The largest absolute Gasteiger partial charge is 0.493 e. The number of rotatable bonds is 8. The monoisotopic (exact) mass is 574 g/mol. The van der Waals surface area contributed by atoms with Crippen molar-refractivity contribution >= 4 is 63.3 Å². The van der Waals surface area contributed by atoms with Crippen molar-refractivity contribution in [1.29, 1.82) is 0 Å². The van der Waals surface area contributed by atoms with Gasteiger partial charge in [0.1, 0.15) is 0 Å². The molecule has 0 aliphatic heterocycles. The molecule has 1 amide bonds. The summed E-state index contributed by atoms with van der Waals surface area (Å²) in [5.41, 5.74) is 2.01. The Morgan fingerprint density at radius 3 is 2.11 bits per heavy atom. The van der Waals surface area contributed by atoms with E-state index >= 15 is 0 Å². The Kier molecular flexibility index (Phi) is 8.46. The predicted molar refractivity (Wildman–Crippen MR) is 147 cm³/mol. The lowest BCUT2D eigenvalue weighted by Crippen LogP contribution is -2.21. The zero-order chi connectivity index (χ0) is 27.4. The molecule has 1 aromatic heterocycles. The molecule has 3 aromatic carbocycles. The Labute approximate surface area is 233 Å². The van der Waals surface area contributed by atoms with Gasteiger partial charge < -0.3 is 24.3 Å². The van der Waals surface area contributed by atoms with Crippen molar-refractivity contribution in [2.24, 2.45) is 0 Å². The van der Waals surface area contributed by atoms with Crippen molar-refractivity contribution in [1.82, 2.24) is 4.98 Å². The molecule has 38 heavy (non-hydrogen) atoms. The highest BCUT2D eigenvalue weighted by Gasteiger charge is 2.20. The van der Waals surface area contributed by atoms with Gasteiger partial charge in [-0.15, -0.1) is 0 Å². The summed E-state index contributed by atoms with van der Waals surface area (Å²) >= 11 is 18.1. The SMILES string of the molecule is COc1cc(-c2cc(C(=O)OCC(=O)Nc3c(Cl)cc(Cl)cc3Cl)c3ccccc3n2)cc(OC)c1OC. The molecule has 4 rings (SSSR count). The number of anilines is 1. The highest BCUT2D eigenvalue weighted by molar-refractivity contribution is 6.42. The average Bonchev–Trinajstić information content (AvgIpc) is 2.92. The van der Waals surface area contributed by atoms with E-state index in [0.29, 0.717) is 44.4 Å². The maximum atomic E-state index is 13.2. The fourth-order valence-corrected chi connectivity index (χ4v) is 4.68. The number of amides is 1. The second-order valence-corrected chi connectivity index (χ2v) is 9.11. The van der Waals surface area contributed by atoms with E-state index in [1.165, 1.54) is 33.5 Å². The number of pyridine rings is 1. The Morgan fingerprint density at radius 2 is 1.50 bits per heavy atom. The highest BCUT2D eigenvalue weighted by atomic mass is 35.5. The standard InChI is InChI=1S/C27H21Cl3N2O6/c1-35-22-8-14(9-23(36-2)26(22)37-3)21-12-17(16-6-4-5-7-20(16)31-21)27(34)38-13-24(33)32-25-18(29)10-15(28)11-19(25)30/h4-12H,13H2,1-3H3,(H,32,33). The fraction of sp³-hybridized carbons (Fsp3) is 0.148. The molecule has 4 aromatic rings. The minimum atomic E-state index is -0.722. The number of ether oxygens (including phenoxy) is 4. The Hall–Kier alpha value is -3.72. The zero-order valence-corrected chi connectivity index (χ0v) is 22.7. The minimum absolute atomic E-state index is 0.150. The molecule has 11 heteroatoms. The van der Waals surface area contributed by atoms with Crippen molar-refractivity contribution in [2.45, 2.75) is 0 Å². The topological polar surface area (TPSA) is 96.0 Å². The second-order valence-electron chi connectivity index (χ2n) is 7.85. The van der Waals surface area contributed by atoms with Gasteiger partial charge in [0.05, 0.1) is 53.8 Å². The van der Waals surface area contributed by atoms with Gasteiger partial charge in [0.15, 0.2) is 18.1 Å². The van der Waals surface area contributed by atoms with Crippen LogP contribution in [0, 0.1) is 0 Å². The summed E-state index contributed by atoms with van der Waals surface area (Å²) in [6.07, 6.45) is 0. The lowest BCUT2D eigenvalue weighted by atomic mass is 10.0. The van der Waals surface area contributed by atoms with Crippen LogP contribution in [0.4, 0.5) is 5.69 Å². The molecule has 1 heterocycles. The Bertz CT molecular complexity index is 1500. The maximum Gasteiger partial charge on any atom is 0.339 e. The first-order chi connectivity index (χ1) is 18.2. The molecule has 0 unspecified atom stereocenters. The third-order valence-electron chi connectivity index (χ3n) is 5.50. The third-order valence-corrected chi connectivity index (χ3v) is 6.32. The molecule has 0 fully saturated rings. The maximum absolute atomic E-state index is 13.2. The molecule has 196 valence electrons. The van der Waals surface area contributed by atoms with Gasteiger partial charge in [0, 0.05) is 16.0 Å². The van der Waals surface area contributed by atoms with E-state index in [9.17, 15) is 9.59 Å². The molecule has 0 aliphatic rings. The van der Waals surface area contributed by atoms with Crippen LogP contribution < -0.4 is 19.5 Å². The first kappa shape index (κ1) is 27.3. The van der Waals surface area contributed by atoms with Gasteiger partial charge in [-0.3, -0.25) is 4.79 Å². The van der Waals surface area contributed by atoms with Gasteiger partial charge >= 0.3 is 5.97 Å². The number of benzene rings is 3. The quantitative estimate of drug-likeness (QED) is 0.234. The number of methoxy groups -OCH3 is 3. The fourth-order valence-electron chi connectivity index (χ4n) is 3.77. The van der Waals surface area contributed by atoms with Crippen molar-refractivity contribution in [3.63, 3.8) is 0 Å². The van der Waals surface area contributed by atoms with Gasteiger partial charge in [-0.05, 0) is 36.4 Å². The molecule has 0 saturated heterocycles. The van der Waals surface area contributed by atoms with E-state index in [-0.39, 0.29) is 21.3 Å². The number of fused-ring (bicyclic) bond motifs is 1. The van der Waals surface area contributed by atoms with E-state index in [1.54, 1.807) is 42.5 Å². The van der Waals surface area contributed by atoms with Crippen molar-refractivity contribution in [3.05, 3.63) is 75.2 Å². The molecule has 0 aliphatic carbocycles. The summed E-state index contributed by atoms with van der Waals surface area (Å²) in [6.45, 7) is -0.579. The zero-order valence-electron chi connectivity index (χ0n) is 20.4. The molecule has 8 nitrogen and oxygen atoms in total. The van der Waals surface area contributed by atoms with Crippen LogP contribution in [0.3, 0.4) is 0 Å². The minimum Gasteiger partial charge on any atom is -0.493 e. The number of halogens is 3. The molecule has 1 N–H and O–H groups in total. The molecule has 0 saturated carbocycles. The van der Waals surface area contributed by atoms with Crippen molar-refractivity contribution < 1.29 is 28.5 Å². The van der Waals surface area contributed by atoms with Gasteiger partial charge in [0.2, 0.25) is 5.75 Å². The summed E-state index contributed by atoms with van der Waals surface area (Å²) in [5, 5.41) is 3.70. The molecular formula is C27H21Cl3N2O6. The Balaban J connectivity index is 1.64. The van der Waals surface area contributed by atoms with Gasteiger partial charge in [0.25, 0.3) is 5.91 Å². The Morgan fingerprint density at radius 1 is 0.868 bits per heavy atom. The van der Waals surface area contributed by atoms with Gasteiger partial charge in [-0.1, -0.05) is 53.0 Å². The van der Waals surface area contributed by atoms with E-state index < -0.39 is 18.5 Å². The average molecular weight is 576 g/mol. The highest BCUT2D eigenvalue weighted by Crippen LogP contribution is 2.41. The summed E-state index contributed by atoms with van der Waals surface area (Å²) in [6, 6.07) is 15.0. The molecular weight excluding hydrogens is 555 g/mol. The van der Waals surface area contributed by atoms with Crippen LogP contribution in [0.15, 0.2) is 54.6 Å². The van der Waals surface area contributed by atoms with Crippen LogP contribution in [-0.4, -0.2) is 44.8 Å². The number of carbonyl (C=O) groups excluding carboxylic acids is 2. The van der Waals surface area contributed by atoms with Gasteiger partial charge in [-0.25, -0.2) is 9.78 Å². The van der Waals surface area contributed by atoms with Crippen LogP contribution in [-0.2, 0) is 9.53 Å². The summed E-state index contributed by atoms with van der Waals surface area (Å²) in [4.78, 5) is 30.3. The summed E-state index contributed by atoms with van der Waals surface area (Å²) in [7, 11) is 4.52. The van der Waals surface area contributed by atoms with Crippen LogP contribution >= 0.6 is 34.8 Å². The lowest BCUT2D eigenvalue weighted by molar-refractivity contribution is -0.119. The predicted octanol–water partition coefficient (Wildman–Crippen LogP) is 6.68. The first-order valence-corrected chi connectivity index (χ1v) is 12.2. The molecule has 0 radical (unpaired) electrons. The number of hydrogen-bond donors (Lipinski definition) is 1. The van der Waals surface area contributed by atoms with Crippen LogP contribution in [0.5, 0.6) is 17.2 Å². The molecule has 0 atom stereocenters. The normalized spacial score (nSPS) is 10.7. The van der Waals surface area contributed by atoms with Gasteiger partial charge in [-0.2, -0.15) is 0 Å². The van der Waals surface area contributed by atoms with Crippen molar-refractivity contribution in [3.8, 4) is 28.5 Å². The lowest BCUT2D eigenvalue weighted by Gasteiger charge is -2.15. The second kappa shape index (κ2) is 11.8. The number of carbonyl (C=O) groups is 2. The summed E-state index contributed by atoms with van der Waals surface area (Å²) < 4.78 is 21.6. The number of hydrogen-bond acceptors (Lipinski definition) is 7. The number of nitrogens with one attached hydrogen (secondary N) is 1. The first-order valence-electron chi connectivity index (χ1n) is 11.1. The smallest absolute Gasteiger partial charge is 0.339 e. The molecule has 0 bridgehead atoms. The number of aromatic nitrogens is 1. The number of esters is 1. The van der Waals surface area contributed by atoms with Crippen molar-refractivity contribution in [2.75, 3.05) is 33.3 Å². The molecule has 0 spiro atoms. The van der Waals surface area contributed by atoms with Crippen LogP contribution in [0.2, 0.25) is 15.1 Å². The number of para-hydroxylation sites is 1. The van der Waals surface area contributed by atoms with E-state index in [4.69, 9.17) is 58.7 Å². The van der Waals surface area contributed by atoms with Crippen LogP contribution in [0.1, 0.15) is 10.4 Å². The summed E-state index contributed by atoms with van der Waals surface area (Å²) in [5.74, 6) is -0.0752. The van der Waals surface area contributed by atoms with E-state index in [0.717, 1.165) is 0 Å². The van der Waals surface area contributed by atoms with Crippen LogP contribution in [0.25, 0.3) is 22.2 Å². The van der Waals surface area contributed by atoms with E-state index in [2.05, 4.69) is 5.32 Å². The number of nitrogens with zero attached hydrogens (tertiary/aromatic N) is 1.